The van der Waals surface area contributed by atoms with Gasteiger partial charge < -0.3 is 5.11 Å². The van der Waals surface area contributed by atoms with Crippen molar-refractivity contribution in [2.45, 2.75) is 63.2 Å². The Morgan fingerprint density at radius 2 is 1.33 bits per heavy atom. The molecule has 0 aliphatic heterocycles. The summed E-state index contributed by atoms with van der Waals surface area (Å²) in [4.78, 5) is 0. The Labute approximate surface area is 150 Å². The summed E-state index contributed by atoms with van der Waals surface area (Å²) in [5.41, 5.74) is -2.73. The summed E-state index contributed by atoms with van der Waals surface area (Å²) >= 11 is 0. The van der Waals surface area contributed by atoms with Crippen molar-refractivity contribution in [3.05, 3.63) is 35.4 Å². The van der Waals surface area contributed by atoms with Crippen LogP contribution in [0.25, 0.3) is 0 Å². The highest BCUT2D eigenvalue weighted by Gasteiger charge is 2.81. The van der Waals surface area contributed by atoms with Crippen molar-refractivity contribution in [1.29, 1.82) is 0 Å². The average molecular weight is 410 g/mol. The van der Waals surface area contributed by atoms with Gasteiger partial charge in [0.15, 0.2) is 0 Å². The number of alkyl halides is 9. The molecule has 0 saturated carbocycles. The zero-order chi connectivity index (χ0) is 21.5. The van der Waals surface area contributed by atoms with Crippen LogP contribution in [0.3, 0.4) is 0 Å². The first-order valence-corrected chi connectivity index (χ1v) is 7.88. The van der Waals surface area contributed by atoms with E-state index in [9.17, 15) is 44.6 Å². The van der Waals surface area contributed by atoms with Gasteiger partial charge in [0.2, 0.25) is 0 Å². The monoisotopic (exact) mass is 410 g/mol. The van der Waals surface area contributed by atoms with Gasteiger partial charge >= 0.3 is 23.9 Å². The van der Waals surface area contributed by atoms with Gasteiger partial charge in [0, 0.05) is 0 Å². The molecule has 156 valence electrons. The highest BCUT2D eigenvalue weighted by molar-refractivity contribution is 5.33. The molecule has 27 heavy (non-hydrogen) atoms. The topological polar surface area (TPSA) is 20.2 Å². The van der Waals surface area contributed by atoms with Gasteiger partial charge in [-0.3, -0.25) is 0 Å². The van der Waals surface area contributed by atoms with E-state index in [1.54, 1.807) is 13.8 Å². The summed E-state index contributed by atoms with van der Waals surface area (Å²) in [5.74, 6) is -19.6. The summed E-state index contributed by atoms with van der Waals surface area (Å²) < 4.78 is 117. The van der Waals surface area contributed by atoms with Crippen LogP contribution in [-0.4, -0.2) is 29.1 Å². The number of benzene rings is 1. The maximum atomic E-state index is 13.9. The summed E-state index contributed by atoms with van der Waals surface area (Å²) in [7, 11) is 0. The Bertz CT molecular complexity index is 648. The van der Waals surface area contributed by atoms with Crippen molar-refractivity contribution >= 4 is 0 Å². The van der Waals surface area contributed by atoms with Crippen molar-refractivity contribution in [3.8, 4) is 0 Å². The summed E-state index contributed by atoms with van der Waals surface area (Å²) in [5, 5.41) is 10.3. The van der Waals surface area contributed by atoms with Crippen molar-refractivity contribution in [2.75, 3.05) is 0 Å². The molecule has 0 bridgehead atoms. The Hall–Kier alpha value is -1.45. The van der Waals surface area contributed by atoms with Gasteiger partial charge in [-0.25, -0.2) is 0 Å². The molecule has 0 heterocycles. The molecule has 0 fully saturated rings. The van der Waals surface area contributed by atoms with Crippen LogP contribution < -0.4 is 0 Å². The van der Waals surface area contributed by atoms with E-state index >= 15 is 0 Å². The van der Waals surface area contributed by atoms with E-state index in [0.717, 1.165) is 6.07 Å². The van der Waals surface area contributed by atoms with Crippen LogP contribution in [0.2, 0.25) is 0 Å². The molecule has 0 spiro atoms. The largest absolute Gasteiger partial charge is 0.460 e. The second-order valence-electron chi connectivity index (χ2n) is 7.06. The molecule has 1 aromatic carbocycles. The number of hydrogen-bond acceptors (Lipinski definition) is 1. The molecular weight excluding hydrogens is 391 g/mol. The molecule has 10 heteroatoms. The van der Waals surface area contributed by atoms with Crippen LogP contribution in [0, 0.1) is 5.92 Å². The molecule has 0 aromatic heterocycles. The maximum Gasteiger partial charge on any atom is 0.460 e. The first kappa shape index (κ1) is 23.6. The van der Waals surface area contributed by atoms with Crippen LogP contribution in [0.5, 0.6) is 0 Å². The second kappa shape index (κ2) is 7.18. The molecule has 1 atom stereocenters. The van der Waals surface area contributed by atoms with E-state index in [0.29, 0.717) is 12.5 Å². The van der Waals surface area contributed by atoms with E-state index in [1.807, 2.05) is 0 Å². The second-order valence-corrected chi connectivity index (χ2v) is 7.06. The highest BCUT2D eigenvalue weighted by Crippen LogP contribution is 2.55. The van der Waals surface area contributed by atoms with Crippen molar-refractivity contribution in [3.63, 3.8) is 0 Å². The Morgan fingerprint density at radius 3 is 1.78 bits per heavy atom. The zero-order valence-electron chi connectivity index (χ0n) is 14.6. The molecule has 0 aliphatic carbocycles. The van der Waals surface area contributed by atoms with E-state index in [2.05, 4.69) is 0 Å². The quantitative estimate of drug-likeness (QED) is 0.551. The standard InChI is InChI=1S/C17H19F9O/c1-10(2)8-11-6-4-5-7-12(11)13(3,27)9-14(18,19)15(20,21)16(22,23)17(24,25)26/h4-7,10,27H,8-9H2,1-3H3. The van der Waals surface area contributed by atoms with Crippen LogP contribution in [0.1, 0.15) is 38.3 Å². The Kier molecular flexibility index (Phi) is 6.27. The van der Waals surface area contributed by atoms with Crippen LogP contribution in [-0.2, 0) is 12.0 Å². The normalized spacial score (nSPS) is 16.5. The van der Waals surface area contributed by atoms with Gasteiger partial charge in [-0.05, 0) is 30.4 Å². The van der Waals surface area contributed by atoms with Crippen molar-refractivity contribution < 1.29 is 44.6 Å². The molecule has 0 saturated heterocycles. The third kappa shape index (κ3) is 4.52. The van der Waals surface area contributed by atoms with Gasteiger partial charge in [0.1, 0.15) is 0 Å². The third-order valence-corrected chi connectivity index (χ3v) is 4.00. The van der Waals surface area contributed by atoms with E-state index < -0.39 is 36.0 Å². The van der Waals surface area contributed by atoms with E-state index in [4.69, 9.17) is 0 Å². The van der Waals surface area contributed by atoms with E-state index in [1.165, 1.54) is 18.2 Å². The Morgan fingerprint density at radius 1 is 0.852 bits per heavy atom. The fraction of sp³-hybridized carbons (Fsp3) is 0.647. The lowest BCUT2D eigenvalue weighted by Gasteiger charge is -2.37. The molecule has 0 radical (unpaired) electrons. The Balaban J connectivity index is 3.32. The van der Waals surface area contributed by atoms with Crippen molar-refractivity contribution in [2.24, 2.45) is 5.92 Å². The van der Waals surface area contributed by atoms with Crippen LogP contribution in [0.4, 0.5) is 39.5 Å². The molecule has 0 aliphatic rings. The van der Waals surface area contributed by atoms with Crippen molar-refractivity contribution in [1.82, 2.24) is 0 Å². The number of halogens is 9. The molecule has 1 N–H and O–H groups in total. The minimum absolute atomic E-state index is 0.0292. The predicted molar refractivity (Wildman–Crippen MR) is 80.1 cm³/mol. The van der Waals surface area contributed by atoms with Gasteiger partial charge in [0.25, 0.3) is 0 Å². The lowest BCUT2D eigenvalue weighted by atomic mass is 9.82. The fourth-order valence-electron chi connectivity index (χ4n) is 2.71. The molecule has 1 nitrogen and oxygen atoms in total. The van der Waals surface area contributed by atoms with Gasteiger partial charge in [0.05, 0.1) is 12.0 Å². The summed E-state index contributed by atoms with van der Waals surface area (Å²) in [6.45, 7) is 4.16. The SMILES string of the molecule is CC(C)Cc1ccccc1C(C)(O)CC(F)(F)C(F)(F)C(F)(F)C(F)(F)F. The highest BCUT2D eigenvalue weighted by atomic mass is 19.4. The summed E-state index contributed by atoms with van der Waals surface area (Å²) in [6.07, 6.45) is -8.97. The van der Waals surface area contributed by atoms with Crippen LogP contribution >= 0.6 is 0 Å². The average Bonchev–Trinajstić information content (AvgIpc) is 2.44. The lowest BCUT2D eigenvalue weighted by molar-refractivity contribution is -0.400. The van der Waals surface area contributed by atoms with Gasteiger partial charge in [-0.1, -0.05) is 38.1 Å². The fourth-order valence-corrected chi connectivity index (χ4v) is 2.71. The van der Waals surface area contributed by atoms with Gasteiger partial charge in [-0.2, -0.15) is 39.5 Å². The number of hydrogen-bond donors (Lipinski definition) is 1. The molecule has 0 amide bonds. The van der Waals surface area contributed by atoms with Crippen LogP contribution in [0.15, 0.2) is 24.3 Å². The van der Waals surface area contributed by atoms with Gasteiger partial charge in [-0.15, -0.1) is 0 Å². The molecular formula is C17H19F9O. The first-order valence-electron chi connectivity index (χ1n) is 7.88. The minimum atomic E-state index is -6.98. The first-order chi connectivity index (χ1) is 11.9. The molecule has 1 unspecified atom stereocenters. The zero-order valence-corrected chi connectivity index (χ0v) is 14.6. The summed E-state index contributed by atoms with van der Waals surface area (Å²) in [6, 6.07) is 5.34. The molecule has 1 aromatic rings. The lowest BCUT2D eigenvalue weighted by Crippen LogP contribution is -2.62. The number of aliphatic hydroxyl groups is 1. The minimum Gasteiger partial charge on any atom is -0.385 e. The predicted octanol–water partition coefficient (Wildman–Crippen LogP) is 5.95. The third-order valence-electron chi connectivity index (χ3n) is 4.00. The maximum absolute atomic E-state index is 13.9. The smallest absolute Gasteiger partial charge is 0.385 e. The molecule has 1 rings (SSSR count). The van der Waals surface area contributed by atoms with E-state index in [-0.39, 0.29) is 17.9 Å². The number of rotatable bonds is 7.